The SMILES string of the molecule is Cc1ccnc(N)c1C(=O)C1(C)CCCC1N. The Morgan fingerprint density at radius 1 is 1.59 bits per heavy atom. The standard InChI is InChI=1S/C13H19N3O/c1-8-5-7-16-12(15)10(8)11(17)13(2)6-3-4-9(13)14/h5,7,9H,3-4,6,14H2,1-2H3,(H2,15,16). The molecular formula is C13H19N3O. The van der Waals surface area contributed by atoms with Crippen LogP contribution in [0.3, 0.4) is 0 Å². The molecule has 1 aromatic heterocycles. The molecule has 0 spiro atoms. The normalized spacial score (nSPS) is 28.3. The van der Waals surface area contributed by atoms with Gasteiger partial charge >= 0.3 is 0 Å². The first kappa shape index (κ1) is 12.0. The third-order valence-electron chi connectivity index (χ3n) is 3.96. The van der Waals surface area contributed by atoms with Crippen LogP contribution < -0.4 is 11.5 Å². The summed E-state index contributed by atoms with van der Waals surface area (Å²) in [6.45, 7) is 3.83. The molecule has 17 heavy (non-hydrogen) atoms. The Morgan fingerprint density at radius 3 is 2.82 bits per heavy atom. The summed E-state index contributed by atoms with van der Waals surface area (Å²) < 4.78 is 0. The molecule has 4 nitrogen and oxygen atoms in total. The zero-order valence-corrected chi connectivity index (χ0v) is 10.4. The number of carbonyl (C=O) groups is 1. The first-order valence-corrected chi connectivity index (χ1v) is 5.98. The molecule has 0 saturated heterocycles. The minimum Gasteiger partial charge on any atom is -0.383 e. The van der Waals surface area contributed by atoms with E-state index in [1.54, 1.807) is 6.20 Å². The average molecular weight is 233 g/mol. The van der Waals surface area contributed by atoms with E-state index in [9.17, 15) is 4.79 Å². The first-order chi connectivity index (χ1) is 7.97. The summed E-state index contributed by atoms with van der Waals surface area (Å²) in [7, 11) is 0. The Labute approximate surface area is 101 Å². The van der Waals surface area contributed by atoms with Gasteiger partial charge in [0.25, 0.3) is 0 Å². The van der Waals surface area contributed by atoms with Crippen LogP contribution in [0.5, 0.6) is 0 Å². The summed E-state index contributed by atoms with van der Waals surface area (Å²) in [6, 6.07) is 1.74. The maximum atomic E-state index is 12.6. The number of anilines is 1. The van der Waals surface area contributed by atoms with Gasteiger partial charge in [-0.3, -0.25) is 4.79 Å². The number of nitrogens with two attached hydrogens (primary N) is 2. The molecule has 1 aromatic rings. The van der Waals surface area contributed by atoms with E-state index in [-0.39, 0.29) is 11.8 Å². The van der Waals surface area contributed by atoms with Crippen molar-refractivity contribution in [2.75, 3.05) is 5.73 Å². The van der Waals surface area contributed by atoms with Crippen molar-refractivity contribution in [2.24, 2.45) is 11.1 Å². The summed E-state index contributed by atoms with van der Waals surface area (Å²) in [5.74, 6) is 0.362. The highest BCUT2D eigenvalue weighted by atomic mass is 16.1. The van der Waals surface area contributed by atoms with E-state index < -0.39 is 5.41 Å². The number of rotatable bonds is 2. The predicted molar refractivity (Wildman–Crippen MR) is 67.7 cm³/mol. The van der Waals surface area contributed by atoms with E-state index >= 15 is 0 Å². The van der Waals surface area contributed by atoms with Crippen molar-refractivity contribution in [1.29, 1.82) is 0 Å². The topological polar surface area (TPSA) is 82.0 Å². The van der Waals surface area contributed by atoms with Crippen LogP contribution in [0.4, 0.5) is 5.82 Å². The zero-order chi connectivity index (χ0) is 12.6. The molecule has 0 aliphatic heterocycles. The maximum absolute atomic E-state index is 12.6. The summed E-state index contributed by atoms with van der Waals surface area (Å²) in [4.78, 5) is 16.6. The molecule has 2 unspecified atom stereocenters. The molecule has 92 valence electrons. The van der Waals surface area contributed by atoms with Crippen LogP contribution in [0.1, 0.15) is 42.1 Å². The Bertz CT molecular complexity index is 438. The lowest BCUT2D eigenvalue weighted by Crippen LogP contribution is -2.41. The molecule has 4 N–H and O–H groups in total. The van der Waals surface area contributed by atoms with E-state index in [4.69, 9.17) is 11.5 Å². The predicted octanol–water partition coefficient (Wildman–Crippen LogP) is 1.67. The molecule has 1 saturated carbocycles. The van der Waals surface area contributed by atoms with Gasteiger partial charge in [-0.1, -0.05) is 13.3 Å². The van der Waals surface area contributed by atoms with Crippen molar-refractivity contribution in [3.05, 3.63) is 23.4 Å². The molecule has 1 aliphatic carbocycles. The van der Waals surface area contributed by atoms with Gasteiger partial charge in [-0.25, -0.2) is 4.98 Å². The number of ketones is 1. The van der Waals surface area contributed by atoms with E-state index in [1.807, 2.05) is 19.9 Å². The number of Topliss-reactive ketones (excluding diaryl/α,β-unsaturated/α-hetero) is 1. The number of nitrogens with zero attached hydrogens (tertiary/aromatic N) is 1. The van der Waals surface area contributed by atoms with Crippen molar-refractivity contribution in [3.8, 4) is 0 Å². The third-order valence-corrected chi connectivity index (χ3v) is 3.96. The molecular weight excluding hydrogens is 214 g/mol. The molecule has 1 fully saturated rings. The molecule has 0 bridgehead atoms. The number of aryl methyl sites for hydroxylation is 1. The van der Waals surface area contributed by atoms with Crippen LogP contribution in [0.15, 0.2) is 12.3 Å². The van der Waals surface area contributed by atoms with E-state index in [2.05, 4.69) is 4.98 Å². The Balaban J connectivity index is 2.44. The van der Waals surface area contributed by atoms with Crippen LogP contribution in [-0.2, 0) is 0 Å². The van der Waals surface area contributed by atoms with Gasteiger partial charge in [0.05, 0.1) is 5.56 Å². The second-order valence-corrected chi connectivity index (χ2v) is 5.13. The van der Waals surface area contributed by atoms with Crippen molar-refractivity contribution >= 4 is 11.6 Å². The van der Waals surface area contributed by atoms with Gasteiger partial charge < -0.3 is 11.5 Å². The minimum absolute atomic E-state index is 0.0469. The highest BCUT2D eigenvalue weighted by molar-refractivity contribution is 6.05. The highest BCUT2D eigenvalue weighted by Crippen LogP contribution is 2.40. The fourth-order valence-electron chi connectivity index (χ4n) is 2.64. The van der Waals surface area contributed by atoms with Gasteiger partial charge in [-0.2, -0.15) is 0 Å². The quantitative estimate of drug-likeness (QED) is 0.761. The Kier molecular flexibility index (Phi) is 2.91. The van der Waals surface area contributed by atoms with Crippen molar-refractivity contribution < 1.29 is 4.79 Å². The van der Waals surface area contributed by atoms with E-state index in [0.29, 0.717) is 11.4 Å². The fourth-order valence-corrected chi connectivity index (χ4v) is 2.64. The number of hydrogen-bond donors (Lipinski definition) is 2. The van der Waals surface area contributed by atoms with Crippen molar-refractivity contribution in [1.82, 2.24) is 4.98 Å². The largest absolute Gasteiger partial charge is 0.383 e. The molecule has 0 amide bonds. The van der Waals surface area contributed by atoms with E-state index in [1.165, 1.54) is 0 Å². The fraction of sp³-hybridized carbons (Fsp3) is 0.538. The van der Waals surface area contributed by atoms with Gasteiger partial charge in [0.1, 0.15) is 5.82 Å². The maximum Gasteiger partial charge on any atom is 0.174 e. The number of carbonyl (C=O) groups excluding carboxylic acids is 1. The summed E-state index contributed by atoms with van der Waals surface area (Å²) >= 11 is 0. The van der Waals surface area contributed by atoms with Crippen LogP contribution in [0.2, 0.25) is 0 Å². The smallest absolute Gasteiger partial charge is 0.174 e. The lowest BCUT2D eigenvalue weighted by atomic mass is 9.77. The number of aromatic nitrogens is 1. The number of nitrogen functional groups attached to an aromatic ring is 1. The first-order valence-electron chi connectivity index (χ1n) is 5.98. The molecule has 2 rings (SSSR count). The van der Waals surface area contributed by atoms with E-state index in [0.717, 1.165) is 24.8 Å². The molecule has 2 atom stereocenters. The number of hydrogen-bond acceptors (Lipinski definition) is 4. The molecule has 4 heteroatoms. The van der Waals surface area contributed by atoms with Gasteiger partial charge in [0.2, 0.25) is 0 Å². The van der Waals surface area contributed by atoms with Crippen LogP contribution >= 0.6 is 0 Å². The zero-order valence-electron chi connectivity index (χ0n) is 10.4. The number of pyridine rings is 1. The molecule has 0 radical (unpaired) electrons. The lowest BCUT2D eigenvalue weighted by molar-refractivity contribution is 0.0802. The van der Waals surface area contributed by atoms with Crippen LogP contribution in [0.25, 0.3) is 0 Å². The van der Waals surface area contributed by atoms with Gasteiger partial charge in [0, 0.05) is 17.7 Å². The summed E-state index contributed by atoms with van der Waals surface area (Å²) in [5, 5.41) is 0. The second-order valence-electron chi connectivity index (χ2n) is 5.13. The minimum atomic E-state index is -0.484. The molecule has 1 aliphatic rings. The summed E-state index contributed by atoms with van der Waals surface area (Å²) in [6.07, 6.45) is 4.36. The van der Waals surface area contributed by atoms with Crippen LogP contribution in [-0.4, -0.2) is 16.8 Å². The van der Waals surface area contributed by atoms with Gasteiger partial charge in [-0.15, -0.1) is 0 Å². The van der Waals surface area contributed by atoms with Crippen molar-refractivity contribution in [2.45, 2.75) is 39.2 Å². The second kappa shape index (κ2) is 4.11. The molecule has 0 aromatic carbocycles. The van der Waals surface area contributed by atoms with Crippen molar-refractivity contribution in [3.63, 3.8) is 0 Å². The van der Waals surface area contributed by atoms with Gasteiger partial charge in [0.15, 0.2) is 5.78 Å². The average Bonchev–Trinajstić information content (AvgIpc) is 2.60. The third kappa shape index (κ3) is 1.82. The Morgan fingerprint density at radius 2 is 2.29 bits per heavy atom. The summed E-state index contributed by atoms with van der Waals surface area (Å²) in [5.41, 5.74) is 12.8. The molecule has 1 heterocycles. The Hall–Kier alpha value is -1.42. The highest BCUT2D eigenvalue weighted by Gasteiger charge is 2.44. The van der Waals surface area contributed by atoms with Crippen LogP contribution in [0, 0.1) is 12.3 Å². The lowest BCUT2D eigenvalue weighted by Gasteiger charge is -2.28. The van der Waals surface area contributed by atoms with Gasteiger partial charge in [-0.05, 0) is 31.4 Å². The monoisotopic (exact) mass is 233 g/mol.